The van der Waals surface area contributed by atoms with Crippen molar-refractivity contribution in [1.29, 1.82) is 0 Å². The molecule has 1 heterocycles. The number of hydrogen-bond acceptors (Lipinski definition) is 3. The van der Waals surface area contributed by atoms with E-state index in [1.54, 1.807) is 0 Å². The van der Waals surface area contributed by atoms with Gasteiger partial charge in [-0.25, -0.2) is 0 Å². The highest BCUT2D eigenvalue weighted by atomic mass is 16.5. The third kappa shape index (κ3) is 1.55. The summed E-state index contributed by atoms with van der Waals surface area (Å²) in [5.74, 6) is 0. The van der Waals surface area contributed by atoms with Crippen LogP contribution >= 0.6 is 0 Å². The van der Waals surface area contributed by atoms with Gasteiger partial charge < -0.3 is 15.4 Å². The first-order valence-electron chi connectivity index (χ1n) is 6.09. The van der Waals surface area contributed by atoms with Crippen molar-refractivity contribution in [2.24, 2.45) is 0 Å². The Kier molecular flexibility index (Phi) is 2.48. The van der Waals surface area contributed by atoms with Gasteiger partial charge in [-0.15, -0.1) is 0 Å². The van der Waals surface area contributed by atoms with Crippen LogP contribution in [0.5, 0.6) is 0 Å². The van der Waals surface area contributed by atoms with Crippen molar-refractivity contribution in [1.82, 2.24) is 0 Å². The second-order valence-electron chi connectivity index (χ2n) is 4.66. The number of nitrogens with two attached hydrogens (primary N) is 1. The minimum absolute atomic E-state index is 0.424. The lowest BCUT2D eigenvalue weighted by atomic mass is 10.1. The minimum Gasteiger partial charge on any atom is -0.397 e. The van der Waals surface area contributed by atoms with Crippen LogP contribution in [-0.2, 0) is 4.74 Å². The minimum atomic E-state index is 0.424. The third-order valence-electron chi connectivity index (χ3n) is 3.73. The maximum Gasteiger partial charge on any atom is 0.0779 e. The number of para-hydroxylation sites is 2. The highest BCUT2D eigenvalue weighted by molar-refractivity contribution is 5.68. The van der Waals surface area contributed by atoms with Crippen LogP contribution in [0.4, 0.5) is 11.4 Å². The van der Waals surface area contributed by atoms with Gasteiger partial charge in [0.2, 0.25) is 0 Å². The molecule has 0 spiro atoms. The largest absolute Gasteiger partial charge is 0.397 e. The molecule has 86 valence electrons. The van der Waals surface area contributed by atoms with Crippen molar-refractivity contribution >= 4 is 11.4 Å². The molecule has 1 aliphatic heterocycles. The summed E-state index contributed by atoms with van der Waals surface area (Å²) in [6.45, 7) is 1.80. The summed E-state index contributed by atoms with van der Waals surface area (Å²) in [5, 5.41) is 0. The van der Waals surface area contributed by atoms with E-state index in [2.05, 4.69) is 17.0 Å². The van der Waals surface area contributed by atoms with Gasteiger partial charge in [0.15, 0.2) is 0 Å². The Hall–Kier alpha value is -1.22. The number of nitrogens with zero attached hydrogens (tertiary/aromatic N) is 1. The van der Waals surface area contributed by atoms with Gasteiger partial charge in [-0.1, -0.05) is 12.1 Å². The van der Waals surface area contributed by atoms with E-state index >= 15 is 0 Å². The van der Waals surface area contributed by atoms with Crippen LogP contribution in [-0.4, -0.2) is 25.3 Å². The van der Waals surface area contributed by atoms with Crippen molar-refractivity contribution in [2.45, 2.75) is 31.4 Å². The topological polar surface area (TPSA) is 38.5 Å². The Bertz CT molecular complexity index is 380. The van der Waals surface area contributed by atoms with Gasteiger partial charge in [0.1, 0.15) is 0 Å². The summed E-state index contributed by atoms with van der Waals surface area (Å²) < 4.78 is 5.81. The lowest BCUT2D eigenvalue weighted by Gasteiger charge is -2.39. The first-order valence-corrected chi connectivity index (χ1v) is 6.09. The van der Waals surface area contributed by atoms with E-state index in [0.717, 1.165) is 18.8 Å². The Labute approximate surface area is 96.2 Å². The summed E-state index contributed by atoms with van der Waals surface area (Å²) in [7, 11) is 0. The average molecular weight is 218 g/mol. The molecule has 3 nitrogen and oxygen atoms in total. The van der Waals surface area contributed by atoms with Gasteiger partial charge >= 0.3 is 0 Å². The van der Waals surface area contributed by atoms with Gasteiger partial charge in [0.25, 0.3) is 0 Å². The molecule has 1 aliphatic carbocycles. The summed E-state index contributed by atoms with van der Waals surface area (Å²) in [4.78, 5) is 2.44. The Morgan fingerprint density at radius 2 is 2.12 bits per heavy atom. The number of fused-ring (bicyclic) bond motifs is 1. The van der Waals surface area contributed by atoms with E-state index in [1.807, 2.05) is 12.1 Å². The fraction of sp³-hybridized carbons (Fsp3) is 0.538. The summed E-state index contributed by atoms with van der Waals surface area (Å²) in [5.41, 5.74) is 8.12. The first kappa shape index (κ1) is 9.97. The SMILES string of the molecule is Nc1ccccc1N1CCOC2CCCC21. The number of benzene rings is 1. The number of morpholine rings is 1. The molecule has 0 aromatic heterocycles. The van der Waals surface area contributed by atoms with Crippen LogP contribution in [0.3, 0.4) is 0 Å². The molecule has 1 aromatic rings. The lowest BCUT2D eigenvalue weighted by molar-refractivity contribution is 0.0257. The summed E-state index contributed by atoms with van der Waals surface area (Å²) in [6.07, 6.45) is 4.14. The Morgan fingerprint density at radius 3 is 3.00 bits per heavy atom. The molecule has 1 aromatic carbocycles. The second-order valence-corrected chi connectivity index (χ2v) is 4.66. The predicted octanol–water partition coefficient (Wildman–Crippen LogP) is 2.03. The van der Waals surface area contributed by atoms with Gasteiger partial charge in [-0.3, -0.25) is 0 Å². The molecule has 16 heavy (non-hydrogen) atoms. The molecule has 0 bridgehead atoms. The molecule has 2 fully saturated rings. The number of nitrogen functional groups attached to an aromatic ring is 1. The average Bonchev–Trinajstić information content (AvgIpc) is 2.77. The standard InChI is InChI=1S/C13H18N2O/c14-10-4-1-2-5-11(10)15-8-9-16-13-7-3-6-12(13)15/h1-2,4-5,12-13H,3,6-9,14H2. The fourth-order valence-corrected chi connectivity index (χ4v) is 2.97. The van der Waals surface area contributed by atoms with Crippen LogP contribution in [0, 0.1) is 0 Å². The molecule has 0 radical (unpaired) electrons. The normalized spacial score (nSPS) is 29.1. The van der Waals surface area contributed by atoms with Crippen molar-refractivity contribution in [3.8, 4) is 0 Å². The second kappa shape index (κ2) is 3.98. The van der Waals surface area contributed by atoms with Gasteiger partial charge in [-0.2, -0.15) is 0 Å². The maximum absolute atomic E-state index is 6.05. The zero-order valence-electron chi connectivity index (χ0n) is 9.43. The zero-order valence-corrected chi connectivity index (χ0v) is 9.43. The highest BCUT2D eigenvalue weighted by Crippen LogP contribution is 2.35. The molecule has 2 unspecified atom stereocenters. The number of rotatable bonds is 1. The predicted molar refractivity (Wildman–Crippen MR) is 65.6 cm³/mol. The van der Waals surface area contributed by atoms with Crippen molar-refractivity contribution < 1.29 is 4.74 Å². The van der Waals surface area contributed by atoms with Crippen LogP contribution < -0.4 is 10.6 Å². The van der Waals surface area contributed by atoms with Gasteiger partial charge in [0, 0.05) is 6.54 Å². The molecule has 0 amide bonds. The van der Waals surface area contributed by atoms with Gasteiger partial charge in [-0.05, 0) is 31.4 Å². The molecular formula is C13H18N2O. The van der Waals surface area contributed by atoms with Gasteiger partial charge in [0.05, 0.1) is 30.1 Å². The van der Waals surface area contributed by atoms with Crippen molar-refractivity contribution in [3.63, 3.8) is 0 Å². The summed E-state index contributed by atoms with van der Waals surface area (Å²) >= 11 is 0. The highest BCUT2D eigenvalue weighted by Gasteiger charge is 2.36. The van der Waals surface area contributed by atoms with Crippen LogP contribution in [0.25, 0.3) is 0 Å². The van der Waals surface area contributed by atoms with E-state index < -0.39 is 0 Å². The monoisotopic (exact) mass is 218 g/mol. The molecule has 2 atom stereocenters. The Balaban J connectivity index is 1.91. The third-order valence-corrected chi connectivity index (χ3v) is 3.73. The Morgan fingerprint density at radius 1 is 1.25 bits per heavy atom. The molecule has 1 saturated heterocycles. The quantitative estimate of drug-likeness (QED) is 0.733. The molecule has 2 N–H and O–H groups in total. The number of ether oxygens (including phenoxy) is 1. The molecule has 3 heteroatoms. The van der Waals surface area contributed by atoms with E-state index in [-0.39, 0.29) is 0 Å². The first-order chi connectivity index (χ1) is 7.86. The van der Waals surface area contributed by atoms with E-state index in [4.69, 9.17) is 10.5 Å². The number of anilines is 2. The van der Waals surface area contributed by atoms with Crippen LogP contribution in [0.15, 0.2) is 24.3 Å². The van der Waals surface area contributed by atoms with E-state index in [0.29, 0.717) is 12.1 Å². The summed E-state index contributed by atoms with van der Waals surface area (Å²) in [6, 6.07) is 8.69. The van der Waals surface area contributed by atoms with Crippen LogP contribution in [0.2, 0.25) is 0 Å². The van der Waals surface area contributed by atoms with Crippen LogP contribution in [0.1, 0.15) is 19.3 Å². The maximum atomic E-state index is 6.05. The molecule has 1 saturated carbocycles. The van der Waals surface area contributed by atoms with Crippen molar-refractivity contribution in [3.05, 3.63) is 24.3 Å². The number of hydrogen-bond donors (Lipinski definition) is 1. The fourth-order valence-electron chi connectivity index (χ4n) is 2.97. The smallest absolute Gasteiger partial charge is 0.0779 e. The van der Waals surface area contributed by atoms with E-state index in [1.165, 1.54) is 24.9 Å². The van der Waals surface area contributed by atoms with E-state index in [9.17, 15) is 0 Å². The molecule has 2 aliphatic rings. The molecular weight excluding hydrogens is 200 g/mol. The lowest BCUT2D eigenvalue weighted by Crippen LogP contribution is -2.48. The molecule has 3 rings (SSSR count). The zero-order chi connectivity index (χ0) is 11.0. The van der Waals surface area contributed by atoms with Crippen molar-refractivity contribution in [2.75, 3.05) is 23.8 Å².